The number of nitrogens with one attached hydrogen (secondary N) is 1. The molecule has 0 bridgehead atoms. The van der Waals surface area contributed by atoms with Crippen molar-refractivity contribution in [2.75, 3.05) is 12.4 Å². The first kappa shape index (κ1) is 15.5. The van der Waals surface area contributed by atoms with E-state index < -0.39 is 0 Å². The predicted octanol–water partition coefficient (Wildman–Crippen LogP) is 4.17. The Bertz CT molecular complexity index is 758. The molecule has 0 amide bonds. The van der Waals surface area contributed by atoms with Crippen LogP contribution in [0.2, 0.25) is 0 Å². The predicted molar refractivity (Wildman–Crippen MR) is 91.8 cm³/mol. The molecule has 1 N–H and O–H groups in total. The van der Waals surface area contributed by atoms with Crippen molar-refractivity contribution in [2.24, 2.45) is 5.92 Å². The molecule has 2 aromatic heterocycles. The monoisotopic (exact) mass is 328 g/mol. The van der Waals surface area contributed by atoms with Gasteiger partial charge in [-0.1, -0.05) is 24.6 Å². The van der Waals surface area contributed by atoms with Gasteiger partial charge < -0.3 is 10.1 Å². The van der Waals surface area contributed by atoms with Gasteiger partial charge in [0.25, 0.3) is 0 Å². The Morgan fingerprint density at radius 3 is 2.78 bits per heavy atom. The molecule has 0 aliphatic heterocycles. The Balaban J connectivity index is 1.94. The number of methoxy groups -OCH3 is 1. The van der Waals surface area contributed by atoms with Gasteiger partial charge in [0.15, 0.2) is 17.4 Å². The van der Waals surface area contributed by atoms with E-state index in [-0.39, 0.29) is 0 Å². The van der Waals surface area contributed by atoms with Crippen LogP contribution in [0.15, 0.2) is 47.9 Å². The zero-order valence-electron chi connectivity index (χ0n) is 13.0. The number of anilines is 2. The van der Waals surface area contributed by atoms with Crippen LogP contribution in [0.1, 0.15) is 19.2 Å². The third-order valence-corrected chi connectivity index (χ3v) is 4.11. The van der Waals surface area contributed by atoms with Crippen molar-refractivity contribution < 1.29 is 4.74 Å². The Kier molecular flexibility index (Phi) is 4.57. The summed E-state index contributed by atoms with van der Waals surface area (Å²) in [4.78, 5) is 13.0. The molecule has 6 heteroatoms. The van der Waals surface area contributed by atoms with Crippen molar-refractivity contribution in [1.82, 2.24) is 15.0 Å². The number of ether oxygens (including phenoxy) is 1. The van der Waals surface area contributed by atoms with Crippen LogP contribution in [-0.4, -0.2) is 22.1 Å². The van der Waals surface area contributed by atoms with Crippen LogP contribution in [0.5, 0.6) is 5.75 Å². The van der Waals surface area contributed by atoms with Gasteiger partial charge in [-0.05, 0) is 30.5 Å². The Morgan fingerprint density at radius 2 is 2.09 bits per heavy atom. The fourth-order valence-corrected chi connectivity index (χ4v) is 2.45. The standard InChI is InChI=1S/C17H17ClN4O/c1-11-3-4-12(9-14(11)18)16-20-10-15(23-2)17(22-16)21-13-5-7-19-8-6-13/h4-11H,3H2,1-2H3,(H,19,20,21,22). The molecule has 0 fully saturated rings. The third kappa shape index (κ3) is 3.51. The van der Waals surface area contributed by atoms with Crippen molar-refractivity contribution in [3.8, 4) is 5.75 Å². The molecule has 1 aliphatic rings. The molecule has 118 valence electrons. The zero-order chi connectivity index (χ0) is 16.2. The maximum absolute atomic E-state index is 6.26. The second kappa shape index (κ2) is 6.79. The van der Waals surface area contributed by atoms with Crippen molar-refractivity contribution in [1.29, 1.82) is 0 Å². The summed E-state index contributed by atoms with van der Waals surface area (Å²) in [5, 5.41) is 4.05. The van der Waals surface area contributed by atoms with Gasteiger partial charge in [-0.25, -0.2) is 9.97 Å². The first-order valence-electron chi connectivity index (χ1n) is 7.33. The largest absolute Gasteiger partial charge is 0.491 e. The van der Waals surface area contributed by atoms with E-state index in [0.717, 1.165) is 22.7 Å². The topological polar surface area (TPSA) is 59.9 Å². The number of aromatic nitrogens is 3. The van der Waals surface area contributed by atoms with Gasteiger partial charge in [0.05, 0.1) is 13.3 Å². The minimum Gasteiger partial charge on any atom is -0.491 e. The fraction of sp³-hybridized carbons (Fsp3) is 0.235. The fourth-order valence-electron chi connectivity index (χ4n) is 2.24. The molecule has 0 aromatic carbocycles. The molecule has 0 saturated carbocycles. The molecule has 2 heterocycles. The van der Waals surface area contributed by atoms with Gasteiger partial charge in [0, 0.05) is 28.7 Å². The molecule has 2 aromatic rings. The van der Waals surface area contributed by atoms with Crippen molar-refractivity contribution in [3.05, 3.63) is 53.7 Å². The highest BCUT2D eigenvalue weighted by Gasteiger charge is 2.16. The van der Waals surface area contributed by atoms with Gasteiger partial charge in [0.1, 0.15) is 0 Å². The number of allylic oxidation sites excluding steroid dienone is 4. The van der Waals surface area contributed by atoms with Crippen molar-refractivity contribution in [2.45, 2.75) is 13.3 Å². The number of pyridine rings is 1. The molecule has 0 radical (unpaired) electrons. The van der Waals surface area contributed by atoms with E-state index in [4.69, 9.17) is 16.3 Å². The molecular formula is C17H17ClN4O. The molecule has 1 unspecified atom stereocenters. The highest BCUT2D eigenvalue weighted by atomic mass is 35.5. The second-order valence-electron chi connectivity index (χ2n) is 5.30. The Morgan fingerprint density at radius 1 is 1.30 bits per heavy atom. The first-order valence-corrected chi connectivity index (χ1v) is 7.71. The number of halogens is 1. The maximum Gasteiger partial charge on any atom is 0.179 e. The average molecular weight is 329 g/mol. The smallest absolute Gasteiger partial charge is 0.179 e. The summed E-state index contributed by atoms with van der Waals surface area (Å²) in [5.74, 6) is 2.14. The van der Waals surface area contributed by atoms with E-state index >= 15 is 0 Å². The highest BCUT2D eigenvalue weighted by Crippen LogP contribution is 2.32. The lowest BCUT2D eigenvalue weighted by Crippen LogP contribution is -2.05. The molecule has 0 spiro atoms. The third-order valence-electron chi connectivity index (χ3n) is 3.63. The van der Waals surface area contributed by atoms with E-state index in [0.29, 0.717) is 23.3 Å². The summed E-state index contributed by atoms with van der Waals surface area (Å²) < 4.78 is 5.33. The molecular weight excluding hydrogens is 312 g/mol. The SMILES string of the molecule is COc1cnc(C2=CCC(C)C(Cl)=C2)nc1Nc1ccncc1. The van der Waals surface area contributed by atoms with Crippen LogP contribution >= 0.6 is 11.6 Å². The zero-order valence-corrected chi connectivity index (χ0v) is 13.7. The minimum absolute atomic E-state index is 0.341. The number of hydrogen-bond acceptors (Lipinski definition) is 5. The van der Waals surface area contributed by atoms with Gasteiger partial charge >= 0.3 is 0 Å². The Hall–Kier alpha value is -2.40. The molecule has 0 saturated heterocycles. The second-order valence-corrected chi connectivity index (χ2v) is 5.73. The summed E-state index contributed by atoms with van der Waals surface area (Å²) in [5.41, 5.74) is 1.80. The van der Waals surface area contributed by atoms with E-state index in [2.05, 4.69) is 33.3 Å². The average Bonchev–Trinajstić information content (AvgIpc) is 2.58. The van der Waals surface area contributed by atoms with Crippen LogP contribution in [0.3, 0.4) is 0 Å². The molecule has 3 rings (SSSR count). The van der Waals surface area contributed by atoms with Crippen LogP contribution in [0.25, 0.3) is 5.57 Å². The quantitative estimate of drug-likeness (QED) is 0.912. The lowest BCUT2D eigenvalue weighted by atomic mass is 9.98. The van der Waals surface area contributed by atoms with Crippen LogP contribution in [-0.2, 0) is 0 Å². The summed E-state index contributed by atoms with van der Waals surface area (Å²) in [6.45, 7) is 2.09. The van der Waals surface area contributed by atoms with Crippen molar-refractivity contribution in [3.63, 3.8) is 0 Å². The minimum atomic E-state index is 0.341. The Labute approximate surface area is 140 Å². The van der Waals surface area contributed by atoms with E-state index in [1.54, 1.807) is 25.7 Å². The summed E-state index contributed by atoms with van der Waals surface area (Å²) >= 11 is 6.26. The van der Waals surface area contributed by atoms with Crippen molar-refractivity contribution >= 4 is 28.7 Å². The summed E-state index contributed by atoms with van der Waals surface area (Å²) in [6.07, 6.45) is 10.00. The molecule has 1 aliphatic carbocycles. The highest BCUT2D eigenvalue weighted by molar-refractivity contribution is 6.30. The maximum atomic E-state index is 6.26. The molecule has 1 atom stereocenters. The number of hydrogen-bond donors (Lipinski definition) is 1. The van der Waals surface area contributed by atoms with Crippen LogP contribution < -0.4 is 10.1 Å². The number of nitrogens with zero attached hydrogens (tertiary/aromatic N) is 3. The van der Waals surface area contributed by atoms with E-state index in [1.807, 2.05) is 18.2 Å². The van der Waals surface area contributed by atoms with E-state index in [1.165, 1.54) is 0 Å². The van der Waals surface area contributed by atoms with E-state index in [9.17, 15) is 0 Å². The van der Waals surface area contributed by atoms with Gasteiger partial charge in [-0.3, -0.25) is 4.98 Å². The molecule has 23 heavy (non-hydrogen) atoms. The van der Waals surface area contributed by atoms with Gasteiger partial charge in [-0.15, -0.1) is 0 Å². The lowest BCUT2D eigenvalue weighted by molar-refractivity contribution is 0.413. The lowest BCUT2D eigenvalue weighted by Gasteiger charge is -2.16. The number of rotatable bonds is 4. The van der Waals surface area contributed by atoms with Gasteiger partial charge in [-0.2, -0.15) is 0 Å². The first-order chi connectivity index (χ1) is 11.2. The van der Waals surface area contributed by atoms with Crippen LogP contribution in [0, 0.1) is 5.92 Å². The normalized spacial score (nSPS) is 17.3. The summed E-state index contributed by atoms with van der Waals surface area (Å²) in [6, 6.07) is 3.72. The summed E-state index contributed by atoms with van der Waals surface area (Å²) in [7, 11) is 1.59. The van der Waals surface area contributed by atoms with Crippen LogP contribution in [0.4, 0.5) is 11.5 Å². The van der Waals surface area contributed by atoms with Gasteiger partial charge in [0.2, 0.25) is 0 Å². The molecule has 5 nitrogen and oxygen atoms in total.